The lowest BCUT2D eigenvalue weighted by atomic mass is 9.95. The molecule has 0 spiro atoms. The van der Waals surface area contributed by atoms with Crippen LogP contribution in [0.3, 0.4) is 0 Å². The van der Waals surface area contributed by atoms with E-state index in [2.05, 4.69) is 26.9 Å². The van der Waals surface area contributed by atoms with Gasteiger partial charge in [0.05, 0.1) is 0 Å². The number of pyridine rings is 1. The Hall–Kier alpha value is -4.09. The summed E-state index contributed by atoms with van der Waals surface area (Å²) in [6.07, 6.45) is 6.19. The van der Waals surface area contributed by atoms with Crippen LogP contribution in [0.1, 0.15) is 18.1 Å². The lowest BCUT2D eigenvalue weighted by molar-refractivity contribution is 0.159. The van der Waals surface area contributed by atoms with Crippen molar-refractivity contribution in [3.05, 3.63) is 59.8 Å². The van der Waals surface area contributed by atoms with Gasteiger partial charge in [-0.15, -0.1) is 6.42 Å². The molecule has 0 aliphatic heterocycles. The fourth-order valence-corrected chi connectivity index (χ4v) is 3.24. The number of aromatic nitrogens is 1. The summed E-state index contributed by atoms with van der Waals surface area (Å²) in [5.74, 6) is 2.67. The van der Waals surface area contributed by atoms with Crippen LogP contribution in [-0.2, 0) is 17.8 Å². The molecule has 0 radical (unpaired) electrons. The van der Waals surface area contributed by atoms with E-state index >= 15 is 0 Å². The van der Waals surface area contributed by atoms with E-state index in [0.717, 1.165) is 33.0 Å². The summed E-state index contributed by atoms with van der Waals surface area (Å²) in [7, 11) is 0. The molecule has 0 aliphatic carbocycles. The number of nitrogens with one attached hydrogen (secondary N) is 3. The fourth-order valence-electron chi connectivity index (χ4n) is 3.24. The maximum Gasteiger partial charge on any atom is 0.408 e. The van der Waals surface area contributed by atoms with Crippen LogP contribution in [0, 0.1) is 12.3 Å². The van der Waals surface area contributed by atoms with Gasteiger partial charge >= 0.3 is 12.1 Å². The molecule has 8 heteroatoms. The molecule has 0 fully saturated rings. The van der Waals surface area contributed by atoms with Gasteiger partial charge in [0, 0.05) is 31.2 Å². The van der Waals surface area contributed by atoms with E-state index in [9.17, 15) is 9.59 Å². The van der Waals surface area contributed by atoms with Gasteiger partial charge in [0.1, 0.15) is 5.82 Å². The summed E-state index contributed by atoms with van der Waals surface area (Å²) in [6.45, 7) is 2.94. The second kappa shape index (κ2) is 10.8. The molecule has 0 saturated carbocycles. The molecule has 3 amide bonds. The lowest BCUT2D eigenvalue weighted by Gasteiger charge is -2.14. The van der Waals surface area contributed by atoms with Crippen LogP contribution in [0.5, 0.6) is 0 Å². The van der Waals surface area contributed by atoms with Crippen LogP contribution < -0.4 is 21.7 Å². The van der Waals surface area contributed by atoms with Crippen molar-refractivity contribution in [3.8, 4) is 23.5 Å². The maximum absolute atomic E-state index is 12.0. The molecule has 1 heterocycles. The molecule has 8 nitrogen and oxygen atoms in total. The highest BCUT2D eigenvalue weighted by atomic mass is 16.5. The van der Waals surface area contributed by atoms with E-state index in [4.69, 9.17) is 16.9 Å². The van der Waals surface area contributed by atoms with Gasteiger partial charge in [0.2, 0.25) is 0 Å². The molecule has 0 atom stereocenters. The second-order valence-electron chi connectivity index (χ2n) is 6.91. The van der Waals surface area contributed by atoms with Gasteiger partial charge in [-0.05, 0) is 40.6 Å². The molecule has 164 valence electrons. The second-order valence-corrected chi connectivity index (χ2v) is 6.91. The average Bonchev–Trinajstić information content (AvgIpc) is 2.81. The van der Waals surface area contributed by atoms with E-state index in [1.807, 2.05) is 49.4 Å². The Balaban J connectivity index is 2.00. The molecular formula is C24H25N5O3. The zero-order valence-electron chi connectivity index (χ0n) is 17.8. The first kappa shape index (κ1) is 22.6. The summed E-state index contributed by atoms with van der Waals surface area (Å²) in [4.78, 5) is 28.1. The summed E-state index contributed by atoms with van der Waals surface area (Å²) < 4.78 is 4.86. The topological polar surface area (TPSA) is 118 Å². The minimum absolute atomic E-state index is 0.0965. The number of terminal acetylenes is 1. The molecule has 3 aromatic rings. The van der Waals surface area contributed by atoms with Crippen LogP contribution in [-0.4, -0.2) is 30.3 Å². The van der Waals surface area contributed by atoms with Gasteiger partial charge < -0.3 is 21.1 Å². The predicted molar refractivity (Wildman–Crippen MR) is 125 cm³/mol. The summed E-state index contributed by atoms with van der Waals surface area (Å²) in [5, 5.41) is 9.82. The van der Waals surface area contributed by atoms with Crippen molar-refractivity contribution in [3.63, 3.8) is 0 Å². The maximum atomic E-state index is 12.0. The number of fused-ring (bicyclic) bond motifs is 1. The van der Waals surface area contributed by atoms with Crippen molar-refractivity contribution in [2.75, 3.05) is 18.5 Å². The molecule has 3 rings (SSSR count). The highest BCUT2D eigenvalue weighted by Crippen LogP contribution is 2.32. The number of hydrogen-bond acceptors (Lipinski definition) is 5. The number of ether oxygens (including phenoxy) is 1. The number of alkyl carbamates (subject to hydrolysis) is 1. The number of carbonyl (C=O) groups excluding carboxylic acids is 2. The van der Waals surface area contributed by atoms with Gasteiger partial charge in [-0.3, -0.25) is 5.32 Å². The number of amides is 3. The third-order valence-electron chi connectivity index (χ3n) is 4.78. The number of benzene rings is 2. The number of carbonyl (C=O) groups is 2. The van der Waals surface area contributed by atoms with Crippen LogP contribution >= 0.6 is 0 Å². The molecule has 2 aromatic carbocycles. The molecule has 0 unspecified atom stereocenters. The first-order valence-corrected chi connectivity index (χ1v) is 10.2. The van der Waals surface area contributed by atoms with E-state index in [1.165, 1.54) is 0 Å². The van der Waals surface area contributed by atoms with Crippen LogP contribution in [0.2, 0.25) is 0 Å². The molecular weight excluding hydrogens is 406 g/mol. The van der Waals surface area contributed by atoms with Gasteiger partial charge in [-0.2, -0.15) is 0 Å². The van der Waals surface area contributed by atoms with Crippen molar-refractivity contribution in [2.45, 2.75) is 20.0 Å². The number of anilines is 1. The third-order valence-corrected chi connectivity index (χ3v) is 4.78. The Morgan fingerprint density at radius 1 is 1.12 bits per heavy atom. The van der Waals surface area contributed by atoms with Crippen molar-refractivity contribution < 1.29 is 14.3 Å². The van der Waals surface area contributed by atoms with Gasteiger partial charge in [0.25, 0.3) is 0 Å². The Labute approximate surface area is 186 Å². The summed E-state index contributed by atoms with van der Waals surface area (Å²) in [5.41, 5.74) is 9.55. The minimum Gasteiger partial charge on any atom is -0.436 e. The first-order chi connectivity index (χ1) is 15.5. The van der Waals surface area contributed by atoms with Crippen molar-refractivity contribution in [1.29, 1.82) is 0 Å². The summed E-state index contributed by atoms with van der Waals surface area (Å²) >= 11 is 0. The van der Waals surface area contributed by atoms with Gasteiger partial charge in [0.15, 0.2) is 6.61 Å². The standard InChI is InChI=1S/C24H25N5O3/c1-3-11-32-24(31)28-14-18-9-10-19(17-7-5-16(13-25)6-8-17)20-12-22(27-15-21(18)20)29-23(30)26-4-2/h1,5-10,12,15H,4,11,13-14,25H2,2H3,(H,28,31)(H2,26,27,29,30). The number of nitrogens with two attached hydrogens (primary N) is 1. The van der Waals surface area contributed by atoms with Crippen molar-refractivity contribution in [1.82, 2.24) is 15.6 Å². The predicted octanol–water partition coefficient (Wildman–Crippen LogP) is 3.36. The number of nitrogens with zero attached hydrogens (tertiary/aromatic N) is 1. The highest BCUT2D eigenvalue weighted by molar-refractivity contribution is 6.01. The largest absolute Gasteiger partial charge is 0.436 e. The Kier molecular flexibility index (Phi) is 7.62. The number of rotatable bonds is 7. The van der Waals surface area contributed by atoms with Gasteiger partial charge in [-0.25, -0.2) is 14.6 Å². The van der Waals surface area contributed by atoms with Crippen LogP contribution in [0.15, 0.2) is 48.7 Å². The third kappa shape index (κ3) is 5.53. The van der Waals surface area contributed by atoms with Crippen molar-refractivity contribution >= 4 is 28.7 Å². The van der Waals surface area contributed by atoms with Crippen LogP contribution in [0.4, 0.5) is 15.4 Å². The molecule has 1 aromatic heterocycles. The van der Waals surface area contributed by atoms with E-state index in [1.54, 1.807) is 6.20 Å². The molecule has 0 bridgehead atoms. The van der Waals surface area contributed by atoms with Gasteiger partial charge in [-0.1, -0.05) is 42.3 Å². The summed E-state index contributed by atoms with van der Waals surface area (Å²) in [6, 6.07) is 13.3. The molecule has 5 N–H and O–H groups in total. The van der Waals surface area contributed by atoms with Crippen molar-refractivity contribution in [2.24, 2.45) is 5.73 Å². The quantitative estimate of drug-likeness (QED) is 0.428. The minimum atomic E-state index is -0.597. The number of hydrogen-bond donors (Lipinski definition) is 4. The smallest absolute Gasteiger partial charge is 0.408 e. The monoisotopic (exact) mass is 431 g/mol. The Bertz CT molecular complexity index is 1150. The van der Waals surface area contributed by atoms with E-state index in [0.29, 0.717) is 18.9 Å². The van der Waals surface area contributed by atoms with Crippen LogP contribution in [0.25, 0.3) is 21.9 Å². The van der Waals surface area contributed by atoms with E-state index < -0.39 is 6.09 Å². The average molecular weight is 431 g/mol. The Morgan fingerprint density at radius 2 is 1.91 bits per heavy atom. The van der Waals surface area contributed by atoms with E-state index in [-0.39, 0.29) is 19.2 Å². The zero-order chi connectivity index (χ0) is 22.9. The normalized spacial score (nSPS) is 10.3. The molecule has 32 heavy (non-hydrogen) atoms. The fraction of sp³-hybridized carbons (Fsp3) is 0.208. The molecule has 0 aliphatic rings. The highest BCUT2D eigenvalue weighted by Gasteiger charge is 2.12. The first-order valence-electron chi connectivity index (χ1n) is 10.2. The SMILES string of the molecule is C#CCOC(=O)NCc1ccc(-c2ccc(CN)cc2)c2cc(NC(=O)NCC)ncc12. The Morgan fingerprint density at radius 3 is 2.59 bits per heavy atom. The molecule has 0 saturated heterocycles. The number of urea groups is 1. The lowest BCUT2D eigenvalue weighted by Crippen LogP contribution is -2.28. The zero-order valence-corrected chi connectivity index (χ0v) is 17.8.